The number of nitrogens with two attached hydrogens (primary N) is 1. The highest BCUT2D eigenvalue weighted by molar-refractivity contribution is 5.84. The van der Waals surface area contributed by atoms with E-state index in [-0.39, 0.29) is 5.91 Å². The molecule has 0 heterocycles. The van der Waals surface area contributed by atoms with Crippen LogP contribution in [0.25, 0.3) is 6.08 Å². The van der Waals surface area contributed by atoms with E-state index in [1.54, 1.807) is 13.2 Å². The van der Waals surface area contributed by atoms with Crippen LogP contribution in [-0.2, 0) is 11.2 Å². The molecule has 0 saturated carbocycles. The van der Waals surface area contributed by atoms with Crippen molar-refractivity contribution in [1.82, 2.24) is 5.43 Å². The van der Waals surface area contributed by atoms with Crippen LogP contribution in [0.1, 0.15) is 11.1 Å². The van der Waals surface area contributed by atoms with Crippen molar-refractivity contribution >= 4 is 18.2 Å². The lowest BCUT2D eigenvalue weighted by Gasteiger charge is -2.09. The van der Waals surface area contributed by atoms with Crippen LogP contribution in [0.15, 0.2) is 65.8 Å². The Hall–Kier alpha value is -2.92. The number of allylic oxidation sites excluding steroid dienone is 1. The van der Waals surface area contributed by atoms with Gasteiger partial charge in [0.2, 0.25) is 0 Å². The molecule has 0 spiro atoms. The first-order chi connectivity index (χ1) is 11.7. The van der Waals surface area contributed by atoms with Gasteiger partial charge < -0.3 is 10.5 Å². The van der Waals surface area contributed by atoms with Crippen molar-refractivity contribution in [2.45, 2.75) is 12.5 Å². The number of hydrogen-bond acceptors (Lipinski definition) is 4. The summed E-state index contributed by atoms with van der Waals surface area (Å²) in [6.45, 7) is 0. The molecule has 24 heavy (non-hydrogen) atoms. The molecule has 1 atom stereocenters. The van der Waals surface area contributed by atoms with Crippen molar-refractivity contribution in [3.8, 4) is 5.75 Å². The van der Waals surface area contributed by atoms with E-state index in [0.29, 0.717) is 6.42 Å². The smallest absolute Gasteiger partial charge is 0.257 e. The number of para-hydroxylation sites is 1. The van der Waals surface area contributed by atoms with Gasteiger partial charge in [-0.1, -0.05) is 48.5 Å². The molecular weight excluding hydrogens is 302 g/mol. The molecule has 1 amide bonds. The third-order valence-electron chi connectivity index (χ3n) is 3.39. The van der Waals surface area contributed by atoms with E-state index < -0.39 is 6.04 Å². The van der Waals surface area contributed by atoms with Crippen molar-refractivity contribution in [3.63, 3.8) is 0 Å². The molecule has 0 radical (unpaired) electrons. The molecule has 124 valence electrons. The van der Waals surface area contributed by atoms with Crippen LogP contribution in [0, 0.1) is 0 Å². The lowest BCUT2D eigenvalue weighted by molar-refractivity contribution is -0.122. The van der Waals surface area contributed by atoms with Crippen molar-refractivity contribution in [2.75, 3.05) is 7.11 Å². The maximum absolute atomic E-state index is 11.9. The Morgan fingerprint density at radius 2 is 1.92 bits per heavy atom. The number of methoxy groups -OCH3 is 1. The first-order valence-corrected chi connectivity index (χ1v) is 7.63. The van der Waals surface area contributed by atoms with E-state index in [2.05, 4.69) is 10.5 Å². The summed E-state index contributed by atoms with van der Waals surface area (Å²) in [7, 11) is 1.62. The molecule has 0 fully saturated rings. The minimum absolute atomic E-state index is 0.319. The van der Waals surface area contributed by atoms with Crippen molar-refractivity contribution in [1.29, 1.82) is 0 Å². The van der Waals surface area contributed by atoms with E-state index in [4.69, 9.17) is 10.5 Å². The number of hydrogen-bond donors (Lipinski definition) is 2. The topological polar surface area (TPSA) is 76.7 Å². The van der Waals surface area contributed by atoms with Crippen LogP contribution in [-0.4, -0.2) is 25.3 Å². The molecule has 1 unspecified atom stereocenters. The number of rotatable bonds is 7. The molecule has 0 saturated heterocycles. The Labute approximate surface area is 141 Å². The van der Waals surface area contributed by atoms with Gasteiger partial charge in [-0.05, 0) is 30.2 Å². The Kier molecular flexibility index (Phi) is 6.73. The summed E-state index contributed by atoms with van der Waals surface area (Å²) in [6.07, 6.45) is 5.54. The summed E-state index contributed by atoms with van der Waals surface area (Å²) in [4.78, 5) is 11.9. The highest BCUT2D eigenvalue weighted by atomic mass is 16.5. The molecule has 0 aliphatic carbocycles. The molecule has 0 aromatic heterocycles. The SMILES string of the molecule is COc1ccccc1/C=C/C=N/NC(=O)C(N)Cc1ccccc1. The van der Waals surface area contributed by atoms with E-state index in [0.717, 1.165) is 16.9 Å². The second-order valence-electron chi connectivity index (χ2n) is 5.15. The lowest BCUT2D eigenvalue weighted by atomic mass is 10.1. The predicted molar refractivity (Wildman–Crippen MR) is 96.8 cm³/mol. The summed E-state index contributed by atoms with van der Waals surface area (Å²) in [5.74, 6) is 0.455. The van der Waals surface area contributed by atoms with Gasteiger partial charge in [-0.25, -0.2) is 5.43 Å². The first kappa shape index (κ1) is 17.4. The number of ether oxygens (including phenoxy) is 1. The zero-order valence-corrected chi connectivity index (χ0v) is 13.6. The molecule has 2 aromatic carbocycles. The number of hydrazone groups is 1. The minimum Gasteiger partial charge on any atom is -0.496 e. The van der Waals surface area contributed by atoms with Gasteiger partial charge in [0.25, 0.3) is 5.91 Å². The number of carbonyl (C=O) groups is 1. The van der Waals surface area contributed by atoms with Gasteiger partial charge in [-0.3, -0.25) is 4.79 Å². The zero-order valence-electron chi connectivity index (χ0n) is 13.6. The molecule has 0 aliphatic heterocycles. The molecule has 2 aromatic rings. The Morgan fingerprint density at radius 1 is 1.21 bits per heavy atom. The van der Waals surface area contributed by atoms with E-state index >= 15 is 0 Å². The second-order valence-corrected chi connectivity index (χ2v) is 5.15. The first-order valence-electron chi connectivity index (χ1n) is 7.63. The normalized spacial score (nSPS) is 12.4. The number of amides is 1. The monoisotopic (exact) mass is 323 g/mol. The molecule has 5 heteroatoms. The van der Waals surface area contributed by atoms with Gasteiger partial charge >= 0.3 is 0 Å². The average Bonchev–Trinajstić information content (AvgIpc) is 2.62. The number of benzene rings is 2. The van der Waals surface area contributed by atoms with Crippen LogP contribution in [0.4, 0.5) is 0 Å². The van der Waals surface area contributed by atoms with E-state index in [1.165, 1.54) is 6.21 Å². The van der Waals surface area contributed by atoms with Crippen LogP contribution in [0.5, 0.6) is 5.75 Å². The van der Waals surface area contributed by atoms with Gasteiger partial charge in [-0.15, -0.1) is 0 Å². The third-order valence-corrected chi connectivity index (χ3v) is 3.39. The van der Waals surface area contributed by atoms with Crippen LogP contribution >= 0.6 is 0 Å². The van der Waals surface area contributed by atoms with Crippen molar-refractivity contribution < 1.29 is 9.53 Å². The molecule has 5 nitrogen and oxygen atoms in total. The van der Waals surface area contributed by atoms with Crippen molar-refractivity contribution in [2.24, 2.45) is 10.8 Å². The van der Waals surface area contributed by atoms with Crippen LogP contribution < -0.4 is 15.9 Å². The minimum atomic E-state index is -0.636. The van der Waals surface area contributed by atoms with Gasteiger partial charge in [0.05, 0.1) is 13.2 Å². The fourth-order valence-electron chi connectivity index (χ4n) is 2.14. The van der Waals surface area contributed by atoms with Gasteiger partial charge in [-0.2, -0.15) is 5.10 Å². The summed E-state index contributed by atoms with van der Waals surface area (Å²) in [5.41, 5.74) is 10.3. The Bertz CT molecular complexity index is 712. The Morgan fingerprint density at radius 3 is 2.67 bits per heavy atom. The molecule has 3 N–H and O–H groups in total. The maximum atomic E-state index is 11.9. The highest BCUT2D eigenvalue weighted by Crippen LogP contribution is 2.18. The fraction of sp³-hybridized carbons (Fsp3) is 0.158. The molecule has 0 aliphatic rings. The van der Waals surface area contributed by atoms with Crippen LogP contribution in [0.2, 0.25) is 0 Å². The second kappa shape index (κ2) is 9.27. The molecule has 2 rings (SSSR count). The maximum Gasteiger partial charge on any atom is 0.257 e. The van der Waals surface area contributed by atoms with Gasteiger partial charge in [0.15, 0.2) is 0 Å². The summed E-state index contributed by atoms with van der Waals surface area (Å²) in [5, 5.41) is 3.87. The highest BCUT2D eigenvalue weighted by Gasteiger charge is 2.12. The third kappa shape index (κ3) is 5.37. The van der Waals surface area contributed by atoms with Crippen molar-refractivity contribution in [3.05, 3.63) is 71.8 Å². The van der Waals surface area contributed by atoms with E-state index in [1.807, 2.05) is 60.7 Å². The largest absolute Gasteiger partial charge is 0.496 e. The summed E-state index contributed by atoms with van der Waals surface area (Å²) >= 11 is 0. The average molecular weight is 323 g/mol. The summed E-state index contributed by atoms with van der Waals surface area (Å²) < 4.78 is 5.25. The standard InChI is InChI=1S/C19H21N3O2/c1-24-18-12-6-5-10-16(18)11-7-13-21-22-19(23)17(20)14-15-8-3-2-4-9-15/h2-13,17H,14,20H2,1H3,(H,22,23)/b11-7+,21-13+. The van der Waals surface area contributed by atoms with Gasteiger partial charge in [0, 0.05) is 11.8 Å². The Balaban J connectivity index is 1.82. The number of nitrogens with zero attached hydrogens (tertiary/aromatic N) is 1. The number of nitrogens with one attached hydrogen (secondary N) is 1. The molecule has 0 bridgehead atoms. The van der Waals surface area contributed by atoms with Gasteiger partial charge in [0.1, 0.15) is 5.75 Å². The van der Waals surface area contributed by atoms with Crippen LogP contribution in [0.3, 0.4) is 0 Å². The van der Waals surface area contributed by atoms with E-state index in [9.17, 15) is 4.79 Å². The molecular formula is C19H21N3O2. The predicted octanol–water partition coefficient (Wildman–Crippen LogP) is 2.38. The lowest BCUT2D eigenvalue weighted by Crippen LogP contribution is -2.39. The fourth-order valence-corrected chi connectivity index (χ4v) is 2.14. The zero-order chi connectivity index (χ0) is 17.2. The summed E-state index contributed by atoms with van der Waals surface area (Å²) in [6, 6.07) is 16.6. The number of carbonyl (C=O) groups excluding carboxylic acids is 1. The quantitative estimate of drug-likeness (QED) is 0.607.